The molecule has 1 aliphatic rings. The van der Waals surface area contributed by atoms with Crippen LogP contribution in [0.1, 0.15) is 37.3 Å². The third-order valence-corrected chi connectivity index (χ3v) is 3.69. The van der Waals surface area contributed by atoms with E-state index in [2.05, 4.69) is 13.8 Å². The molecule has 0 aliphatic heterocycles. The molecule has 0 N–H and O–H groups in total. The number of benzene rings is 1. The zero-order valence-corrected chi connectivity index (χ0v) is 9.59. The Labute approximate surface area is 91.5 Å². The van der Waals surface area contributed by atoms with Crippen LogP contribution in [0.5, 0.6) is 0 Å². The van der Waals surface area contributed by atoms with Crippen molar-refractivity contribution in [3.8, 4) is 0 Å². The molecule has 0 radical (unpaired) electrons. The van der Waals surface area contributed by atoms with Crippen LogP contribution in [0.15, 0.2) is 18.2 Å². The first-order valence-electron chi connectivity index (χ1n) is 5.95. The van der Waals surface area contributed by atoms with Crippen molar-refractivity contribution in [3.63, 3.8) is 0 Å². The molecule has 0 heterocycles. The fourth-order valence-corrected chi connectivity index (χ4v) is 2.41. The summed E-state index contributed by atoms with van der Waals surface area (Å²) >= 11 is 0. The van der Waals surface area contributed by atoms with Crippen LogP contribution in [0.2, 0.25) is 0 Å². The standard InChI is InChI=1S/C14H19F/c1-3-11-8-13(11)6-5-12-9-14(15)7-4-10(12)2/h4,7,9,11,13H,3,5-6,8H2,1-2H3. The topological polar surface area (TPSA) is 0 Å². The van der Waals surface area contributed by atoms with Gasteiger partial charge in [0.25, 0.3) is 0 Å². The summed E-state index contributed by atoms with van der Waals surface area (Å²) in [6.45, 7) is 4.33. The zero-order valence-electron chi connectivity index (χ0n) is 9.59. The van der Waals surface area contributed by atoms with Gasteiger partial charge >= 0.3 is 0 Å². The molecule has 2 unspecified atom stereocenters. The highest BCUT2D eigenvalue weighted by molar-refractivity contribution is 5.26. The first-order valence-corrected chi connectivity index (χ1v) is 5.95. The van der Waals surface area contributed by atoms with Gasteiger partial charge in [-0.2, -0.15) is 0 Å². The number of hydrogen-bond acceptors (Lipinski definition) is 0. The highest BCUT2D eigenvalue weighted by Gasteiger charge is 2.34. The maximum Gasteiger partial charge on any atom is 0.123 e. The first kappa shape index (κ1) is 10.7. The molecule has 1 heteroatoms. The van der Waals surface area contributed by atoms with Gasteiger partial charge in [0.05, 0.1) is 0 Å². The lowest BCUT2D eigenvalue weighted by Gasteiger charge is -2.05. The van der Waals surface area contributed by atoms with Gasteiger partial charge in [-0.25, -0.2) is 4.39 Å². The maximum atomic E-state index is 13.0. The Morgan fingerprint density at radius 3 is 2.80 bits per heavy atom. The van der Waals surface area contributed by atoms with E-state index >= 15 is 0 Å². The van der Waals surface area contributed by atoms with Gasteiger partial charge < -0.3 is 0 Å². The van der Waals surface area contributed by atoms with Crippen molar-refractivity contribution in [3.05, 3.63) is 35.1 Å². The molecule has 0 spiro atoms. The predicted octanol–water partition coefficient (Wildman–Crippen LogP) is 4.11. The van der Waals surface area contributed by atoms with E-state index in [1.165, 1.54) is 30.4 Å². The minimum absolute atomic E-state index is 0.0987. The second-order valence-corrected chi connectivity index (χ2v) is 4.77. The van der Waals surface area contributed by atoms with Gasteiger partial charge in [-0.1, -0.05) is 19.4 Å². The minimum atomic E-state index is -0.0987. The monoisotopic (exact) mass is 206 g/mol. The third-order valence-electron chi connectivity index (χ3n) is 3.69. The molecule has 1 fully saturated rings. The van der Waals surface area contributed by atoms with E-state index in [0.717, 1.165) is 18.3 Å². The molecule has 1 saturated carbocycles. The highest BCUT2D eigenvalue weighted by atomic mass is 19.1. The fourth-order valence-electron chi connectivity index (χ4n) is 2.41. The molecule has 0 aromatic heterocycles. The van der Waals surface area contributed by atoms with E-state index in [1.807, 2.05) is 6.07 Å². The first-order chi connectivity index (χ1) is 7.20. The lowest BCUT2D eigenvalue weighted by Crippen LogP contribution is -1.93. The minimum Gasteiger partial charge on any atom is -0.207 e. The molecule has 1 aliphatic carbocycles. The van der Waals surface area contributed by atoms with Gasteiger partial charge in [-0.15, -0.1) is 0 Å². The fraction of sp³-hybridized carbons (Fsp3) is 0.571. The number of aryl methyl sites for hydroxylation is 2. The van der Waals surface area contributed by atoms with Crippen LogP contribution in [-0.4, -0.2) is 0 Å². The molecule has 1 aromatic rings. The SMILES string of the molecule is CCC1CC1CCc1cc(F)ccc1C. The van der Waals surface area contributed by atoms with Gasteiger partial charge in [0, 0.05) is 0 Å². The number of halogens is 1. The van der Waals surface area contributed by atoms with Gasteiger partial charge in [-0.05, 0) is 61.3 Å². The van der Waals surface area contributed by atoms with Crippen molar-refractivity contribution < 1.29 is 4.39 Å². The summed E-state index contributed by atoms with van der Waals surface area (Å²) in [5.74, 6) is 1.77. The molecule has 0 amide bonds. The largest absolute Gasteiger partial charge is 0.207 e. The summed E-state index contributed by atoms with van der Waals surface area (Å²) in [4.78, 5) is 0. The molecule has 1 aromatic carbocycles. The van der Waals surface area contributed by atoms with Gasteiger partial charge in [0.2, 0.25) is 0 Å². The Morgan fingerprint density at radius 2 is 2.13 bits per heavy atom. The Bertz CT molecular complexity index is 343. The summed E-state index contributed by atoms with van der Waals surface area (Å²) in [7, 11) is 0. The van der Waals surface area contributed by atoms with E-state index < -0.39 is 0 Å². The molecule has 82 valence electrons. The van der Waals surface area contributed by atoms with Gasteiger partial charge in [-0.3, -0.25) is 0 Å². The second-order valence-electron chi connectivity index (χ2n) is 4.77. The van der Waals surface area contributed by atoms with Crippen molar-refractivity contribution in [2.45, 2.75) is 39.5 Å². The Balaban J connectivity index is 1.91. The molecule has 15 heavy (non-hydrogen) atoms. The molecule has 0 nitrogen and oxygen atoms in total. The van der Waals surface area contributed by atoms with Crippen LogP contribution >= 0.6 is 0 Å². The summed E-state index contributed by atoms with van der Waals surface area (Å²) in [5, 5.41) is 0. The summed E-state index contributed by atoms with van der Waals surface area (Å²) in [6, 6.07) is 5.12. The normalized spacial score (nSPS) is 24.2. The molecule has 0 saturated heterocycles. The Morgan fingerprint density at radius 1 is 1.33 bits per heavy atom. The molecular formula is C14H19F. The Kier molecular flexibility index (Phi) is 3.08. The van der Waals surface area contributed by atoms with Crippen LogP contribution in [0.4, 0.5) is 4.39 Å². The van der Waals surface area contributed by atoms with Crippen LogP contribution in [-0.2, 0) is 6.42 Å². The van der Waals surface area contributed by atoms with Crippen LogP contribution in [0.3, 0.4) is 0 Å². The predicted molar refractivity (Wildman–Crippen MR) is 61.3 cm³/mol. The van der Waals surface area contributed by atoms with Crippen LogP contribution < -0.4 is 0 Å². The van der Waals surface area contributed by atoms with Gasteiger partial charge in [0.1, 0.15) is 5.82 Å². The molecule has 2 rings (SSSR count). The lowest BCUT2D eigenvalue weighted by molar-refractivity contribution is 0.612. The van der Waals surface area contributed by atoms with E-state index in [9.17, 15) is 4.39 Å². The lowest BCUT2D eigenvalue weighted by atomic mass is 10.0. The smallest absolute Gasteiger partial charge is 0.123 e. The summed E-state index contributed by atoms with van der Waals surface area (Å²) < 4.78 is 13.0. The van der Waals surface area contributed by atoms with E-state index in [-0.39, 0.29) is 5.82 Å². The molecule has 2 atom stereocenters. The zero-order chi connectivity index (χ0) is 10.8. The van der Waals surface area contributed by atoms with Crippen molar-refractivity contribution in [1.82, 2.24) is 0 Å². The van der Waals surface area contributed by atoms with E-state index in [0.29, 0.717) is 0 Å². The average molecular weight is 206 g/mol. The van der Waals surface area contributed by atoms with Crippen molar-refractivity contribution in [2.75, 3.05) is 0 Å². The van der Waals surface area contributed by atoms with Crippen LogP contribution in [0.25, 0.3) is 0 Å². The summed E-state index contributed by atoms with van der Waals surface area (Å²) in [6.07, 6.45) is 4.99. The van der Waals surface area contributed by atoms with Crippen molar-refractivity contribution in [2.24, 2.45) is 11.8 Å². The molecular weight excluding hydrogens is 187 g/mol. The van der Waals surface area contributed by atoms with Crippen LogP contribution in [0, 0.1) is 24.6 Å². The average Bonchev–Trinajstić information content (AvgIpc) is 2.98. The third kappa shape index (κ3) is 2.58. The number of hydrogen-bond donors (Lipinski definition) is 0. The maximum absolute atomic E-state index is 13.0. The number of rotatable bonds is 4. The Hall–Kier alpha value is -0.850. The van der Waals surface area contributed by atoms with Crippen molar-refractivity contribution in [1.29, 1.82) is 0 Å². The second kappa shape index (κ2) is 4.34. The van der Waals surface area contributed by atoms with E-state index in [4.69, 9.17) is 0 Å². The van der Waals surface area contributed by atoms with Gasteiger partial charge in [0.15, 0.2) is 0 Å². The summed E-state index contributed by atoms with van der Waals surface area (Å²) in [5.41, 5.74) is 2.42. The van der Waals surface area contributed by atoms with E-state index in [1.54, 1.807) is 12.1 Å². The molecule has 0 bridgehead atoms. The quantitative estimate of drug-likeness (QED) is 0.695. The van der Waals surface area contributed by atoms with Crippen molar-refractivity contribution >= 4 is 0 Å². The highest BCUT2D eigenvalue weighted by Crippen LogP contribution is 2.44.